The minimum atomic E-state index is -0.870. The second-order valence-corrected chi connectivity index (χ2v) is 19.4. The van der Waals surface area contributed by atoms with Crippen molar-refractivity contribution < 1.29 is 24.2 Å². The number of nitrogens with zero attached hydrogens (tertiary/aromatic N) is 3. The van der Waals surface area contributed by atoms with Gasteiger partial charge in [0.25, 0.3) is 0 Å². The van der Waals surface area contributed by atoms with E-state index >= 15 is 0 Å². The lowest BCUT2D eigenvalue weighted by Gasteiger charge is -2.42. The molecule has 5 rings (SSSR count). The molecule has 0 bridgehead atoms. The first-order valence-corrected chi connectivity index (χ1v) is 24.6. The first-order chi connectivity index (χ1) is 31.0. The van der Waals surface area contributed by atoms with Gasteiger partial charge in [0, 0.05) is 69.4 Å². The first-order valence-electron chi connectivity index (χ1n) is 24.6. The van der Waals surface area contributed by atoms with Crippen molar-refractivity contribution in [3.05, 3.63) is 114 Å². The Labute approximate surface area is 385 Å². The molecule has 0 radical (unpaired) electrons. The molecular formula is C54H79N5O5. The summed E-state index contributed by atoms with van der Waals surface area (Å²) < 4.78 is 6.16. The van der Waals surface area contributed by atoms with E-state index in [0.717, 1.165) is 60.9 Å². The minimum Gasteiger partial charge on any atom is -0.459 e. The Morgan fingerprint density at radius 2 is 1.52 bits per heavy atom. The number of unbranched alkanes of at least 4 members (excludes halogenated alkanes) is 11. The zero-order valence-corrected chi connectivity index (χ0v) is 39.5. The molecule has 2 aliphatic rings. The molecule has 10 nitrogen and oxygen atoms in total. The van der Waals surface area contributed by atoms with Crippen LogP contribution in [0.3, 0.4) is 0 Å². The van der Waals surface area contributed by atoms with Crippen LogP contribution in [0.2, 0.25) is 0 Å². The molecule has 0 unspecified atom stereocenters. The summed E-state index contributed by atoms with van der Waals surface area (Å²) in [7, 11) is 0. The Kier molecular flexibility index (Phi) is 21.5. The van der Waals surface area contributed by atoms with Crippen molar-refractivity contribution in [2.24, 2.45) is 5.92 Å². The Morgan fingerprint density at radius 3 is 2.22 bits per heavy atom. The number of allylic oxidation sites excluding steroid dienone is 2. The third kappa shape index (κ3) is 17.9. The van der Waals surface area contributed by atoms with Crippen LogP contribution in [0, 0.1) is 5.92 Å². The van der Waals surface area contributed by atoms with E-state index in [-0.39, 0.29) is 30.7 Å². The minimum absolute atomic E-state index is 0.0769. The molecule has 5 atom stereocenters. The maximum atomic E-state index is 14.5. The van der Waals surface area contributed by atoms with Crippen molar-refractivity contribution in [1.29, 1.82) is 0 Å². The first kappa shape index (κ1) is 50.6. The molecule has 10 heteroatoms. The van der Waals surface area contributed by atoms with Crippen molar-refractivity contribution >= 4 is 17.8 Å². The molecule has 1 aliphatic heterocycles. The Morgan fingerprint density at radius 1 is 0.844 bits per heavy atom. The van der Waals surface area contributed by atoms with Gasteiger partial charge in [0.15, 0.2) is 0 Å². The van der Waals surface area contributed by atoms with Crippen LogP contribution in [-0.2, 0) is 38.5 Å². The molecule has 0 spiro atoms. The van der Waals surface area contributed by atoms with Crippen molar-refractivity contribution in [2.45, 2.75) is 173 Å². The number of aliphatic hydroxyl groups is 1. The fourth-order valence-corrected chi connectivity index (χ4v) is 9.22. The second kappa shape index (κ2) is 27.2. The van der Waals surface area contributed by atoms with Crippen LogP contribution in [0.4, 0.5) is 0 Å². The molecule has 1 aromatic heterocycles. The van der Waals surface area contributed by atoms with E-state index in [2.05, 4.69) is 44.5 Å². The molecule has 350 valence electrons. The van der Waals surface area contributed by atoms with E-state index in [1.54, 1.807) is 6.20 Å². The van der Waals surface area contributed by atoms with Crippen LogP contribution >= 0.6 is 0 Å². The number of carbonyl (C=O) groups excluding carboxylic acids is 3. The highest BCUT2D eigenvalue weighted by Gasteiger charge is 2.39. The number of β-amino-alcohol motifs (C(OH)–C–C–N with tert-alkyl or cyclic N) is 1. The topological polar surface area (TPSA) is 124 Å². The lowest BCUT2D eigenvalue weighted by Crippen LogP contribution is -2.61. The zero-order chi connectivity index (χ0) is 45.6. The number of aromatic nitrogens is 1. The van der Waals surface area contributed by atoms with E-state index in [9.17, 15) is 19.5 Å². The molecule has 2 amide bonds. The molecule has 1 aliphatic carbocycles. The standard InChI is InChI=1S/C54H79N5O5/c1-5-6-7-8-9-10-11-12-13-14-15-16-17-18-22-31-50(61)64-49-37-44-29-23-24-30-47(44)51(49)56-52(62)45(35-42-26-20-19-21-27-42)36-46(60)40-59-34-33-58(39-43-28-25-32-55-38-43)41-48(59)53(63)57-54(2,3)4/h12-13,19-21,23-30,32,38,45-46,48-49,51,60H,5-11,14-18,22,31,33-37,39-41H2,1-4H3,(H,56,62)(H,57,63)/b13-12-/t45-,46-,48-,49+,51-/m0/s1. The molecule has 64 heavy (non-hydrogen) atoms. The highest BCUT2D eigenvalue weighted by Crippen LogP contribution is 2.34. The van der Waals surface area contributed by atoms with Crippen LogP contribution < -0.4 is 10.6 Å². The van der Waals surface area contributed by atoms with Gasteiger partial charge in [-0.05, 0) is 94.0 Å². The number of esters is 1. The Balaban J connectivity index is 1.15. The fourth-order valence-electron chi connectivity index (χ4n) is 9.22. The van der Waals surface area contributed by atoms with Crippen molar-refractivity contribution in [1.82, 2.24) is 25.4 Å². The number of carbonyl (C=O) groups is 3. The predicted molar refractivity (Wildman–Crippen MR) is 257 cm³/mol. The molecule has 1 saturated heterocycles. The van der Waals surface area contributed by atoms with Crippen molar-refractivity contribution in [3.63, 3.8) is 0 Å². The van der Waals surface area contributed by atoms with Crippen molar-refractivity contribution in [2.75, 3.05) is 26.2 Å². The molecule has 3 aromatic rings. The summed E-state index contributed by atoms with van der Waals surface area (Å²) >= 11 is 0. The maximum absolute atomic E-state index is 14.5. The van der Waals surface area contributed by atoms with Crippen LogP contribution in [0.25, 0.3) is 0 Å². The number of piperazine rings is 1. The highest BCUT2D eigenvalue weighted by atomic mass is 16.5. The number of hydrogen-bond acceptors (Lipinski definition) is 8. The Hall–Kier alpha value is -4.38. The van der Waals surface area contributed by atoms with E-state index in [1.165, 1.54) is 51.4 Å². The van der Waals surface area contributed by atoms with Gasteiger partial charge in [0.1, 0.15) is 12.1 Å². The summed E-state index contributed by atoms with van der Waals surface area (Å²) in [4.78, 5) is 50.1. The summed E-state index contributed by atoms with van der Waals surface area (Å²) in [6.07, 6.45) is 24.0. The van der Waals surface area contributed by atoms with E-state index in [1.807, 2.05) is 93.7 Å². The number of aliphatic hydroxyl groups excluding tert-OH is 1. The number of pyridine rings is 1. The lowest BCUT2D eigenvalue weighted by atomic mass is 9.91. The Bertz CT molecular complexity index is 1850. The number of hydrogen-bond donors (Lipinski definition) is 3. The van der Waals surface area contributed by atoms with E-state index in [0.29, 0.717) is 38.9 Å². The largest absolute Gasteiger partial charge is 0.459 e. The average molecular weight is 878 g/mol. The quantitative estimate of drug-likeness (QED) is 0.0394. The molecule has 2 aromatic carbocycles. The third-order valence-corrected chi connectivity index (χ3v) is 12.6. The lowest BCUT2D eigenvalue weighted by molar-refractivity contribution is -0.151. The summed E-state index contributed by atoms with van der Waals surface area (Å²) in [6, 6.07) is 20.9. The third-order valence-electron chi connectivity index (χ3n) is 12.6. The molecule has 3 N–H and O–H groups in total. The number of fused-ring (bicyclic) bond motifs is 1. The summed E-state index contributed by atoms with van der Waals surface area (Å²) in [5.74, 6) is -1.05. The average Bonchev–Trinajstić information content (AvgIpc) is 3.61. The van der Waals surface area contributed by atoms with Crippen LogP contribution in [0.5, 0.6) is 0 Å². The number of benzene rings is 2. The van der Waals surface area contributed by atoms with E-state index < -0.39 is 35.7 Å². The van der Waals surface area contributed by atoms with Crippen LogP contribution in [0.15, 0.2) is 91.3 Å². The monoisotopic (exact) mass is 878 g/mol. The zero-order valence-electron chi connectivity index (χ0n) is 39.5. The second-order valence-electron chi connectivity index (χ2n) is 19.4. The van der Waals surface area contributed by atoms with Gasteiger partial charge in [-0.3, -0.25) is 29.2 Å². The normalized spacial score (nSPS) is 19.0. The van der Waals surface area contributed by atoms with Gasteiger partial charge in [-0.15, -0.1) is 0 Å². The van der Waals surface area contributed by atoms with Gasteiger partial charge in [-0.25, -0.2) is 0 Å². The molecule has 2 heterocycles. The molecular weight excluding hydrogens is 799 g/mol. The smallest absolute Gasteiger partial charge is 0.306 e. The van der Waals surface area contributed by atoms with Gasteiger partial charge in [-0.2, -0.15) is 0 Å². The number of nitrogens with one attached hydrogen (secondary N) is 2. The van der Waals surface area contributed by atoms with Gasteiger partial charge >= 0.3 is 5.97 Å². The number of rotatable bonds is 27. The summed E-state index contributed by atoms with van der Waals surface area (Å²) in [5.41, 5.74) is 3.69. The summed E-state index contributed by atoms with van der Waals surface area (Å²) in [5, 5.41) is 18.3. The summed E-state index contributed by atoms with van der Waals surface area (Å²) in [6.45, 7) is 11.0. The predicted octanol–water partition coefficient (Wildman–Crippen LogP) is 9.46. The van der Waals surface area contributed by atoms with Gasteiger partial charge in [0.05, 0.1) is 12.1 Å². The van der Waals surface area contributed by atoms with Gasteiger partial charge in [-0.1, -0.05) is 131 Å². The van der Waals surface area contributed by atoms with Crippen molar-refractivity contribution in [3.8, 4) is 0 Å². The van der Waals surface area contributed by atoms with Gasteiger partial charge < -0.3 is 20.5 Å². The fraction of sp³-hybridized carbons (Fsp3) is 0.593. The molecule has 1 fully saturated rings. The van der Waals surface area contributed by atoms with Gasteiger partial charge in [0.2, 0.25) is 11.8 Å². The highest BCUT2D eigenvalue weighted by molar-refractivity contribution is 5.83. The van der Waals surface area contributed by atoms with E-state index in [4.69, 9.17) is 4.74 Å². The molecule has 0 saturated carbocycles. The number of ether oxygens (including phenoxy) is 1. The van der Waals surface area contributed by atoms with Crippen LogP contribution in [0.1, 0.15) is 152 Å². The van der Waals surface area contributed by atoms with Crippen LogP contribution in [-0.4, -0.2) is 87.6 Å². The maximum Gasteiger partial charge on any atom is 0.306 e. The SMILES string of the molecule is CCCCCCCC/C=C\CCCCCCCC(=O)O[C@@H]1Cc2ccccc2[C@@H]1NC(=O)[C@@H](Cc1ccccc1)C[C@H](O)CN1CCN(Cc2cccnc2)C[C@H]1C(=O)NC(C)(C)C. The number of amides is 2.